The summed E-state index contributed by atoms with van der Waals surface area (Å²) in [5.41, 5.74) is 19.8. The van der Waals surface area contributed by atoms with Crippen molar-refractivity contribution in [2.45, 2.75) is 0 Å². The van der Waals surface area contributed by atoms with Crippen molar-refractivity contribution >= 4 is 43.6 Å². The first kappa shape index (κ1) is 53.7. The van der Waals surface area contributed by atoms with Crippen LogP contribution in [-0.2, 0) is 0 Å². The SMILES string of the molecule is c1ccc(-c2nc(-c3ccccc3)nc(-c3cccc(-c4cc(-c5ccccc5-n5c6ccccc6c6ccccc65)c(-c5ccccc5-c5nc(-c6ccccc6)nc(-c6ccccc6)n5)cc4-c4ccccc4-n4c5ccccc5c5ccccc54)c3)n2)cc1. The summed E-state index contributed by atoms with van der Waals surface area (Å²) in [6.45, 7) is 0. The van der Waals surface area contributed by atoms with Gasteiger partial charge in [-0.3, -0.25) is 0 Å². The van der Waals surface area contributed by atoms with E-state index < -0.39 is 0 Å². The number of fused-ring (bicyclic) bond motifs is 6. The third kappa shape index (κ3) is 9.49. The molecule has 0 saturated heterocycles. The zero-order chi connectivity index (χ0) is 60.9. The van der Waals surface area contributed by atoms with Gasteiger partial charge in [0.15, 0.2) is 34.9 Å². The molecule has 0 amide bonds. The highest BCUT2D eigenvalue weighted by Gasteiger charge is 2.26. The molecule has 0 aliphatic rings. The first-order chi connectivity index (χ1) is 45.6. The van der Waals surface area contributed by atoms with Crippen molar-refractivity contribution in [2.24, 2.45) is 0 Å². The Balaban J connectivity index is 0.986. The molecule has 17 aromatic rings. The maximum absolute atomic E-state index is 5.41. The fraction of sp³-hybridized carbons (Fsp3) is 0. The van der Waals surface area contributed by atoms with E-state index in [1.54, 1.807) is 0 Å². The van der Waals surface area contributed by atoms with Gasteiger partial charge in [-0.2, -0.15) is 0 Å². The van der Waals surface area contributed by atoms with Gasteiger partial charge in [0.25, 0.3) is 0 Å². The maximum atomic E-state index is 5.41. The smallest absolute Gasteiger partial charge is 0.164 e. The van der Waals surface area contributed by atoms with E-state index in [4.69, 9.17) is 29.9 Å². The highest BCUT2D eigenvalue weighted by Crippen LogP contribution is 2.49. The molecule has 8 heteroatoms. The number of benzene rings is 13. The van der Waals surface area contributed by atoms with Gasteiger partial charge in [-0.05, 0) is 88.0 Å². The average Bonchev–Trinajstić information content (AvgIpc) is 1.64. The predicted octanol–water partition coefficient (Wildman–Crippen LogP) is 20.9. The molecule has 0 bridgehead atoms. The number of nitrogens with zero attached hydrogens (tertiary/aromatic N) is 8. The lowest BCUT2D eigenvalue weighted by atomic mass is 9.83. The van der Waals surface area contributed by atoms with E-state index in [1.165, 1.54) is 21.5 Å². The summed E-state index contributed by atoms with van der Waals surface area (Å²) in [5, 5.41) is 4.73. The summed E-state index contributed by atoms with van der Waals surface area (Å²) in [4.78, 5) is 31.6. The molecule has 0 atom stereocenters. The van der Waals surface area contributed by atoms with Crippen LogP contribution >= 0.6 is 0 Å². The van der Waals surface area contributed by atoms with Crippen molar-refractivity contribution in [3.05, 3.63) is 328 Å². The van der Waals surface area contributed by atoms with Gasteiger partial charge >= 0.3 is 0 Å². The van der Waals surface area contributed by atoms with Crippen molar-refractivity contribution in [1.29, 1.82) is 0 Å². The van der Waals surface area contributed by atoms with Crippen molar-refractivity contribution in [2.75, 3.05) is 0 Å². The Kier molecular flexibility index (Phi) is 13.4. The van der Waals surface area contributed by atoms with E-state index in [-0.39, 0.29) is 0 Å². The van der Waals surface area contributed by atoms with E-state index in [1.807, 2.05) is 72.8 Å². The molecule has 0 aliphatic heterocycles. The van der Waals surface area contributed by atoms with E-state index in [2.05, 4.69) is 264 Å². The molecule has 0 radical (unpaired) electrons. The monoisotopic (exact) mass is 1170 g/mol. The van der Waals surface area contributed by atoms with E-state index >= 15 is 0 Å². The van der Waals surface area contributed by atoms with Crippen LogP contribution in [0.25, 0.3) is 168 Å². The van der Waals surface area contributed by atoms with E-state index in [9.17, 15) is 0 Å². The van der Waals surface area contributed by atoms with Crippen LogP contribution in [0.4, 0.5) is 0 Å². The number of hydrogen-bond acceptors (Lipinski definition) is 6. The zero-order valence-corrected chi connectivity index (χ0v) is 49.8. The normalized spacial score (nSPS) is 11.5. The van der Waals surface area contributed by atoms with Crippen LogP contribution in [0, 0.1) is 0 Å². The molecule has 4 heterocycles. The molecule has 430 valence electrons. The van der Waals surface area contributed by atoms with Gasteiger partial charge in [0.05, 0.1) is 33.4 Å². The first-order valence-corrected chi connectivity index (χ1v) is 30.9. The van der Waals surface area contributed by atoms with Gasteiger partial charge in [-0.25, -0.2) is 29.9 Å². The molecule has 0 spiro atoms. The molecule has 0 fully saturated rings. The number of hydrogen-bond donors (Lipinski definition) is 0. The fourth-order valence-electron chi connectivity index (χ4n) is 13.3. The molecule has 0 unspecified atom stereocenters. The Morgan fingerprint density at radius 2 is 0.435 bits per heavy atom. The Morgan fingerprint density at radius 3 is 0.848 bits per heavy atom. The average molecular weight is 1180 g/mol. The van der Waals surface area contributed by atoms with Crippen LogP contribution in [0.15, 0.2) is 328 Å². The minimum absolute atomic E-state index is 0.557. The maximum Gasteiger partial charge on any atom is 0.164 e. The van der Waals surface area contributed by atoms with Crippen molar-refractivity contribution in [3.8, 4) is 124 Å². The third-order valence-electron chi connectivity index (χ3n) is 17.5. The quantitative estimate of drug-likeness (QED) is 0.121. The minimum atomic E-state index is 0.557. The Morgan fingerprint density at radius 1 is 0.163 bits per heavy atom. The highest BCUT2D eigenvalue weighted by atomic mass is 15.0. The second kappa shape index (κ2) is 22.9. The van der Waals surface area contributed by atoms with Gasteiger partial charge < -0.3 is 9.13 Å². The summed E-state index contributed by atoms with van der Waals surface area (Å²) >= 11 is 0. The van der Waals surface area contributed by atoms with Gasteiger partial charge in [-0.15, -0.1) is 0 Å². The second-order valence-corrected chi connectivity index (χ2v) is 22.9. The second-order valence-electron chi connectivity index (χ2n) is 22.9. The summed E-state index contributed by atoms with van der Waals surface area (Å²) in [6.07, 6.45) is 0. The summed E-state index contributed by atoms with van der Waals surface area (Å²) in [6, 6.07) is 115. The molecule has 92 heavy (non-hydrogen) atoms. The Hall–Kier alpha value is -12.5. The van der Waals surface area contributed by atoms with Crippen LogP contribution in [0.1, 0.15) is 0 Å². The van der Waals surface area contributed by atoms with Crippen LogP contribution in [0.2, 0.25) is 0 Å². The van der Waals surface area contributed by atoms with Gasteiger partial charge in [0, 0.05) is 66.1 Å². The first-order valence-electron chi connectivity index (χ1n) is 30.9. The summed E-state index contributed by atoms with van der Waals surface area (Å²) < 4.78 is 4.86. The largest absolute Gasteiger partial charge is 0.309 e. The zero-order valence-electron chi connectivity index (χ0n) is 49.8. The standard InChI is InChI=1S/C84H54N8/c1-5-28-55(29-6-1)79-85-80(56-30-7-2-8-31-56)88-83(87-79)60-37-27-36-59(52-60)69-53-72(67-44-20-26-51-78(67)92-75-48-23-17-41-64(75)65-42-18-24-49-76(65)92)70(54-71(69)66-43-19-25-50-77(66)91-73-46-21-15-39-62(73)63-40-16-22-47-74(63)91)61-38-13-14-45-68(61)84-89-81(57-32-9-3-10-33-57)86-82(90-84)58-34-11-4-12-35-58/h1-54H. The molecule has 8 nitrogen and oxygen atoms in total. The minimum Gasteiger partial charge on any atom is -0.309 e. The molecule has 0 aliphatic carbocycles. The number of rotatable bonds is 12. The third-order valence-corrected chi connectivity index (χ3v) is 17.5. The molecule has 4 aromatic heterocycles. The fourth-order valence-corrected chi connectivity index (χ4v) is 13.3. The van der Waals surface area contributed by atoms with Gasteiger partial charge in [0.1, 0.15) is 0 Å². The van der Waals surface area contributed by atoms with Gasteiger partial charge in [0.2, 0.25) is 0 Å². The van der Waals surface area contributed by atoms with Crippen LogP contribution < -0.4 is 0 Å². The van der Waals surface area contributed by atoms with E-state index in [0.717, 1.165) is 111 Å². The lowest BCUT2D eigenvalue weighted by Gasteiger charge is -2.23. The molecule has 0 N–H and O–H groups in total. The van der Waals surface area contributed by atoms with Crippen molar-refractivity contribution in [1.82, 2.24) is 39.0 Å². The lowest BCUT2D eigenvalue weighted by molar-refractivity contribution is 1.07. The van der Waals surface area contributed by atoms with Crippen molar-refractivity contribution in [3.63, 3.8) is 0 Å². The molecule has 13 aromatic carbocycles. The molecule has 17 rings (SSSR count). The highest BCUT2D eigenvalue weighted by molar-refractivity contribution is 6.12. The van der Waals surface area contributed by atoms with Crippen LogP contribution in [0.3, 0.4) is 0 Å². The Bertz CT molecular complexity index is 5420. The number of para-hydroxylation sites is 6. The molecular formula is C84H54N8. The Labute approximate surface area is 531 Å². The summed E-state index contributed by atoms with van der Waals surface area (Å²) in [5.74, 6) is 3.48. The number of aromatic nitrogens is 8. The van der Waals surface area contributed by atoms with Crippen LogP contribution in [0.5, 0.6) is 0 Å². The van der Waals surface area contributed by atoms with Gasteiger partial charge in [-0.1, -0.05) is 273 Å². The molecular weight excluding hydrogens is 1120 g/mol. The van der Waals surface area contributed by atoms with E-state index in [0.29, 0.717) is 34.9 Å². The van der Waals surface area contributed by atoms with Crippen LogP contribution in [-0.4, -0.2) is 39.0 Å². The predicted molar refractivity (Wildman–Crippen MR) is 376 cm³/mol. The summed E-state index contributed by atoms with van der Waals surface area (Å²) in [7, 11) is 0. The lowest BCUT2D eigenvalue weighted by Crippen LogP contribution is -2.03. The topological polar surface area (TPSA) is 87.2 Å². The molecule has 0 saturated carbocycles. The van der Waals surface area contributed by atoms with Crippen molar-refractivity contribution < 1.29 is 0 Å².